The van der Waals surface area contributed by atoms with Crippen LogP contribution >= 0.6 is 0 Å². The number of carbonyl (C=O) groups excluding carboxylic acids is 2. The van der Waals surface area contributed by atoms with Crippen molar-refractivity contribution in [1.29, 1.82) is 0 Å². The predicted molar refractivity (Wildman–Crippen MR) is 52.9 cm³/mol. The summed E-state index contributed by atoms with van der Waals surface area (Å²) in [5.41, 5.74) is 6.07. The third-order valence-electron chi connectivity index (χ3n) is 2.33. The Bertz CT molecular complexity index is 391. The summed E-state index contributed by atoms with van der Waals surface area (Å²) >= 11 is 0. The molecule has 0 bridgehead atoms. The Morgan fingerprint density at radius 3 is 2.67 bits per heavy atom. The fourth-order valence-corrected chi connectivity index (χ4v) is 1.58. The smallest absolute Gasteiger partial charge is 0.260 e. The molecule has 1 atom stereocenters. The fourth-order valence-electron chi connectivity index (χ4n) is 1.58. The summed E-state index contributed by atoms with van der Waals surface area (Å²) in [7, 11) is 0. The molecule has 2 N–H and O–H groups in total. The number of carbonyl (C=O) groups is 2. The lowest BCUT2D eigenvalue weighted by atomic mass is 10.2. The molecule has 1 aromatic rings. The van der Waals surface area contributed by atoms with Gasteiger partial charge in [0.25, 0.3) is 5.91 Å². The van der Waals surface area contributed by atoms with Crippen LogP contribution in [0.2, 0.25) is 0 Å². The minimum atomic E-state index is -0.296. The lowest BCUT2D eigenvalue weighted by Gasteiger charge is -2.13. The number of aromatic nitrogens is 1. The van der Waals surface area contributed by atoms with Crippen molar-refractivity contribution in [3.8, 4) is 0 Å². The second-order valence-corrected chi connectivity index (χ2v) is 3.51. The van der Waals surface area contributed by atoms with Crippen LogP contribution in [-0.2, 0) is 4.79 Å². The van der Waals surface area contributed by atoms with Gasteiger partial charge in [0.05, 0.1) is 0 Å². The fraction of sp³-hybridized carbons (Fsp3) is 0.300. The quantitative estimate of drug-likeness (QED) is 0.643. The molecule has 15 heavy (non-hydrogen) atoms. The molecule has 1 saturated heterocycles. The molecule has 1 aliphatic heterocycles. The van der Waals surface area contributed by atoms with E-state index < -0.39 is 0 Å². The lowest BCUT2D eigenvalue weighted by Crippen LogP contribution is -2.34. The molecular formula is C10H11N3O2. The summed E-state index contributed by atoms with van der Waals surface area (Å²) in [6, 6.07) is 2.93. The summed E-state index contributed by atoms with van der Waals surface area (Å²) in [6.07, 6.45) is 3.29. The van der Waals surface area contributed by atoms with Crippen molar-refractivity contribution < 1.29 is 9.59 Å². The first-order valence-corrected chi connectivity index (χ1v) is 4.69. The summed E-state index contributed by atoms with van der Waals surface area (Å²) in [5, 5.41) is 0. The molecule has 5 heteroatoms. The van der Waals surface area contributed by atoms with Gasteiger partial charge in [0.15, 0.2) is 0 Å². The van der Waals surface area contributed by atoms with Crippen LogP contribution in [-0.4, -0.2) is 34.3 Å². The monoisotopic (exact) mass is 205 g/mol. The van der Waals surface area contributed by atoms with E-state index in [0.29, 0.717) is 12.1 Å². The van der Waals surface area contributed by atoms with Gasteiger partial charge in [0.2, 0.25) is 5.91 Å². The lowest BCUT2D eigenvalue weighted by molar-refractivity contribution is -0.125. The molecule has 5 nitrogen and oxygen atoms in total. The van der Waals surface area contributed by atoms with E-state index in [2.05, 4.69) is 4.98 Å². The molecule has 78 valence electrons. The molecule has 1 aromatic heterocycles. The molecule has 1 unspecified atom stereocenters. The van der Waals surface area contributed by atoms with E-state index in [9.17, 15) is 9.59 Å². The zero-order chi connectivity index (χ0) is 10.8. The molecule has 2 rings (SSSR count). The molecule has 2 heterocycles. The zero-order valence-electron chi connectivity index (χ0n) is 8.09. The topological polar surface area (TPSA) is 76.3 Å². The molecule has 0 saturated carbocycles. The van der Waals surface area contributed by atoms with Crippen LogP contribution in [0.3, 0.4) is 0 Å². The minimum Gasteiger partial charge on any atom is -0.326 e. The maximum atomic E-state index is 11.8. The Balaban J connectivity index is 2.19. The molecule has 1 aliphatic rings. The Kier molecular flexibility index (Phi) is 2.47. The van der Waals surface area contributed by atoms with E-state index in [4.69, 9.17) is 5.73 Å². The van der Waals surface area contributed by atoms with Gasteiger partial charge < -0.3 is 5.73 Å². The van der Waals surface area contributed by atoms with Gasteiger partial charge in [0, 0.05) is 37.0 Å². The number of nitrogens with zero attached hydrogens (tertiary/aromatic N) is 2. The molecule has 0 aromatic carbocycles. The van der Waals surface area contributed by atoms with Gasteiger partial charge >= 0.3 is 0 Å². The van der Waals surface area contributed by atoms with Gasteiger partial charge in [-0.25, -0.2) is 0 Å². The van der Waals surface area contributed by atoms with Crippen LogP contribution in [0.25, 0.3) is 0 Å². The highest BCUT2D eigenvalue weighted by Crippen LogP contribution is 2.13. The van der Waals surface area contributed by atoms with Gasteiger partial charge in [0.1, 0.15) is 0 Å². The average molecular weight is 205 g/mol. The highest BCUT2D eigenvalue weighted by molar-refractivity contribution is 6.05. The van der Waals surface area contributed by atoms with Crippen molar-refractivity contribution in [1.82, 2.24) is 9.88 Å². The maximum Gasteiger partial charge on any atom is 0.260 e. The maximum absolute atomic E-state index is 11.8. The van der Waals surface area contributed by atoms with Gasteiger partial charge in [-0.15, -0.1) is 0 Å². The van der Waals surface area contributed by atoms with Crippen LogP contribution in [0.5, 0.6) is 0 Å². The molecule has 0 radical (unpaired) electrons. The van der Waals surface area contributed by atoms with E-state index in [1.54, 1.807) is 12.1 Å². The largest absolute Gasteiger partial charge is 0.326 e. The highest BCUT2D eigenvalue weighted by atomic mass is 16.2. The summed E-state index contributed by atoms with van der Waals surface area (Å²) in [6.45, 7) is 0.306. The van der Waals surface area contributed by atoms with E-state index in [1.165, 1.54) is 17.3 Å². The van der Waals surface area contributed by atoms with Gasteiger partial charge in [-0.2, -0.15) is 0 Å². The minimum absolute atomic E-state index is 0.204. The van der Waals surface area contributed by atoms with Gasteiger partial charge in [-0.05, 0) is 12.1 Å². The number of pyridine rings is 1. The molecule has 1 fully saturated rings. The number of rotatable bonds is 1. The number of nitrogens with two attached hydrogens (primary N) is 1. The van der Waals surface area contributed by atoms with Crippen LogP contribution in [0.4, 0.5) is 0 Å². The first-order chi connectivity index (χ1) is 7.18. The predicted octanol–water partition coefficient (Wildman–Crippen LogP) is -0.219. The number of hydrogen-bond donors (Lipinski definition) is 1. The first kappa shape index (κ1) is 9.79. The Hall–Kier alpha value is -1.75. The van der Waals surface area contributed by atoms with Crippen LogP contribution in [0.1, 0.15) is 16.8 Å². The third kappa shape index (κ3) is 1.87. The van der Waals surface area contributed by atoms with Crippen molar-refractivity contribution in [2.45, 2.75) is 12.5 Å². The summed E-state index contributed by atoms with van der Waals surface area (Å²) in [4.78, 5) is 28.2. The van der Waals surface area contributed by atoms with E-state index in [1.807, 2.05) is 0 Å². The number of hydrogen-bond acceptors (Lipinski definition) is 4. The van der Waals surface area contributed by atoms with E-state index in [0.717, 1.165) is 0 Å². The first-order valence-electron chi connectivity index (χ1n) is 4.69. The van der Waals surface area contributed by atoms with Gasteiger partial charge in [-0.3, -0.25) is 19.5 Å². The van der Waals surface area contributed by atoms with Crippen molar-refractivity contribution in [2.75, 3.05) is 6.54 Å². The van der Waals surface area contributed by atoms with Crippen LogP contribution in [0, 0.1) is 0 Å². The molecular weight excluding hydrogens is 194 g/mol. The summed E-state index contributed by atoms with van der Waals surface area (Å²) < 4.78 is 0. The second kappa shape index (κ2) is 3.78. The third-order valence-corrected chi connectivity index (χ3v) is 2.33. The molecule has 2 amide bonds. The van der Waals surface area contributed by atoms with Crippen LogP contribution < -0.4 is 5.73 Å². The molecule has 0 aliphatic carbocycles. The number of likely N-dealkylation sites (tertiary alicyclic amines) is 1. The standard InChI is InChI=1S/C10H11N3O2/c11-8-5-9(14)13(6-8)10(15)7-1-3-12-4-2-7/h1-4,8H,5-6,11H2. The van der Waals surface area contributed by atoms with Gasteiger partial charge in [-0.1, -0.05) is 0 Å². The Labute approximate surface area is 86.9 Å². The Morgan fingerprint density at radius 2 is 2.13 bits per heavy atom. The zero-order valence-corrected chi connectivity index (χ0v) is 8.09. The summed E-state index contributed by atoms with van der Waals surface area (Å²) in [5.74, 6) is -0.500. The number of imide groups is 1. The van der Waals surface area contributed by atoms with Crippen molar-refractivity contribution in [3.05, 3.63) is 30.1 Å². The van der Waals surface area contributed by atoms with Crippen molar-refractivity contribution >= 4 is 11.8 Å². The second-order valence-electron chi connectivity index (χ2n) is 3.51. The SMILES string of the molecule is NC1CC(=O)N(C(=O)c2ccncc2)C1. The number of amides is 2. The van der Waals surface area contributed by atoms with Crippen molar-refractivity contribution in [2.24, 2.45) is 5.73 Å². The normalized spacial score (nSPS) is 20.7. The van der Waals surface area contributed by atoms with E-state index in [-0.39, 0.29) is 24.3 Å². The van der Waals surface area contributed by atoms with Crippen LogP contribution in [0.15, 0.2) is 24.5 Å². The average Bonchev–Trinajstić information content (AvgIpc) is 2.58. The van der Waals surface area contributed by atoms with E-state index >= 15 is 0 Å². The highest BCUT2D eigenvalue weighted by Gasteiger charge is 2.32. The molecule has 0 spiro atoms. The van der Waals surface area contributed by atoms with Crippen molar-refractivity contribution in [3.63, 3.8) is 0 Å². The Morgan fingerprint density at radius 1 is 1.47 bits per heavy atom.